The molecule has 0 saturated heterocycles. The van der Waals surface area contributed by atoms with Crippen molar-refractivity contribution in [2.75, 3.05) is 0 Å². The minimum absolute atomic E-state index is 0.136. The van der Waals surface area contributed by atoms with Crippen LogP contribution in [0, 0.1) is 5.92 Å². The lowest BCUT2D eigenvalue weighted by atomic mass is 9.85. The summed E-state index contributed by atoms with van der Waals surface area (Å²) in [5.74, 6) is -1.57. The summed E-state index contributed by atoms with van der Waals surface area (Å²) in [6.45, 7) is 0. The average molecular weight is 272 g/mol. The number of aliphatic carboxylic acids is 1. The van der Waals surface area contributed by atoms with E-state index in [2.05, 4.69) is 9.71 Å². The van der Waals surface area contributed by atoms with Crippen molar-refractivity contribution >= 4 is 16.0 Å². The van der Waals surface area contributed by atoms with Crippen molar-refractivity contribution in [2.45, 2.75) is 36.6 Å². The minimum Gasteiger partial charge on any atom is -0.481 e. The summed E-state index contributed by atoms with van der Waals surface area (Å²) in [7, 11) is -3.63. The predicted octanol–water partition coefficient (Wildman–Crippen LogP) is 0.936. The van der Waals surface area contributed by atoms with Crippen LogP contribution in [-0.2, 0) is 14.8 Å². The van der Waals surface area contributed by atoms with E-state index in [0.29, 0.717) is 12.8 Å². The Morgan fingerprint density at radius 2 is 2.11 bits per heavy atom. The maximum atomic E-state index is 12.0. The number of nitrogens with one attached hydrogen (secondary N) is 2. The quantitative estimate of drug-likeness (QED) is 0.759. The Morgan fingerprint density at radius 1 is 1.39 bits per heavy atom. The maximum Gasteiger partial charge on any atom is 0.308 e. The van der Waals surface area contributed by atoms with Crippen LogP contribution in [0.2, 0.25) is 0 Å². The van der Waals surface area contributed by atoms with Crippen LogP contribution in [0.5, 0.6) is 0 Å². The van der Waals surface area contributed by atoms with Crippen LogP contribution in [0.4, 0.5) is 0 Å². The lowest BCUT2D eigenvalue weighted by Gasteiger charge is -2.28. The Hall–Kier alpha value is -1.34. The average Bonchev–Trinajstić information content (AvgIpc) is 2.83. The van der Waals surface area contributed by atoms with Gasteiger partial charge in [0.1, 0.15) is 0 Å². The smallest absolute Gasteiger partial charge is 0.308 e. The molecule has 100 valence electrons. The second-order valence-corrected chi connectivity index (χ2v) is 6.22. The molecule has 18 heavy (non-hydrogen) atoms. The Bertz CT molecular complexity index is 509. The topological polar surface area (TPSA) is 99.3 Å². The molecule has 0 spiro atoms. The van der Waals surface area contributed by atoms with Crippen LogP contribution in [0.15, 0.2) is 23.4 Å². The molecule has 0 aliphatic heterocycles. The molecule has 2 atom stereocenters. The SMILES string of the molecule is O=C(O)C1CCCCC1NS(=O)(=O)c1cc[nH]c1. The van der Waals surface area contributed by atoms with Gasteiger partial charge < -0.3 is 10.1 Å². The summed E-state index contributed by atoms with van der Waals surface area (Å²) in [5.41, 5.74) is 0. The molecular formula is C11H16N2O4S. The van der Waals surface area contributed by atoms with Crippen LogP contribution in [-0.4, -0.2) is 30.5 Å². The molecule has 0 aromatic carbocycles. The molecule has 0 radical (unpaired) electrons. The molecule has 7 heteroatoms. The summed E-state index contributed by atoms with van der Waals surface area (Å²) in [5, 5.41) is 9.10. The zero-order valence-electron chi connectivity index (χ0n) is 9.80. The van der Waals surface area contributed by atoms with E-state index in [0.717, 1.165) is 12.8 Å². The second-order valence-electron chi connectivity index (χ2n) is 4.50. The summed E-state index contributed by atoms with van der Waals surface area (Å²) < 4.78 is 26.5. The monoisotopic (exact) mass is 272 g/mol. The second kappa shape index (κ2) is 5.11. The molecule has 1 aliphatic rings. The van der Waals surface area contributed by atoms with E-state index in [-0.39, 0.29) is 4.90 Å². The van der Waals surface area contributed by atoms with E-state index in [1.807, 2.05) is 0 Å². The van der Waals surface area contributed by atoms with Crippen molar-refractivity contribution in [2.24, 2.45) is 5.92 Å². The molecule has 1 saturated carbocycles. The highest BCUT2D eigenvalue weighted by Crippen LogP contribution is 2.26. The number of rotatable bonds is 4. The van der Waals surface area contributed by atoms with E-state index in [1.54, 1.807) is 0 Å². The van der Waals surface area contributed by atoms with E-state index < -0.39 is 28.0 Å². The number of carbonyl (C=O) groups is 1. The number of sulfonamides is 1. The molecule has 1 heterocycles. The number of hydrogen-bond acceptors (Lipinski definition) is 3. The predicted molar refractivity (Wildman–Crippen MR) is 64.5 cm³/mol. The molecule has 2 rings (SSSR count). The molecule has 0 amide bonds. The fourth-order valence-electron chi connectivity index (χ4n) is 2.31. The molecule has 0 bridgehead atoms. The Labute approximate surface area is 105 Å². The highest BCUT2D eigenvalue weighted by molar-refractivity contribution is 7.89. The van der Waals surface area contributed by atoms with Gasteiger partial charge in [0.15, 0.2) is 0 Å². The molecule has 1 fully saturated rings. The first-order valence-electron chi connectivity index (χ1n) is 5.88. The van der Waals surface area contributed by atoms with Crippen LogP contribution in [0.3, 0.4) is 0 Å². The van der Waals surface area contributed by atoms with Crippen molar-refractivity contribution < 1.29 is 18.3 Å². The maximum absolute atomic E-state index is 12.0. The Balaban J connectivity index is 2.14. The summed E-state index contributed by atoms with van der Waals surface area (Å²) in [4.78, 5) is 13.9. The summed E-state index contributed by atoms with van der Waals surface area (Å²) in [6, 6.07) is 0.928. The molecule has 1 aromatic heterocycles. The fourth-order valence-corrected chi connectivity index (χ4v) is 3.60. The third kappa shape index (κ3) is 2.73. The summed E-state index contributed by atoms with van der Waals surface area (Å²) in [6.07, 6.45) is 5.67. The molecule has 1 aliphatic carbocycles. The van der Waals surface area contributed by atoms with Gasteiger partial charge in [0.25, 0.3) is 0 Å². The fraction of sp³-hybridized carbons (Fsp3) is 0.545. The first-order chi connectivity index (χ1) is 8.50. The van der Waals surface area contributed by atoms with Crippen molar-refractivity contribution in [3.63, 3.8) is 0 Å². The summed E-state index contributed by atoms with van der Waals surface area (Å²) >= 11 is 0. The zero-order chi connectivity index (χ0) is 13.2. The molecule has 1 aromatic rings. The van der Waals surface area contributed by atoms with Gasteiger partial charge in [-0.15, -0.1) is 0 Å². The molecule has 2 unspecified atom stereocenters. The lowest BCUT2D eigenvalue weighted by Crippen LogP contribution is -2.44. The first kappa shape index (κ1) is 13.1. The van der Waals surface area contributed by atoms with Gasteiger partial charge in [0.2, 0.25) is 10.0 Å². The van der Waals surface area contributed by atoms with Gasteiger partial charge in [-0.25, -0.2) is 13.1 Å². The van der Waals surface area contributed by atoms with Crippen molar-refractivity contribution in [1.82, 2.24) is 9.71 Å². The van der Waals surface area contributed by atoms with E-state index in [4.69, 9.17) is 5.11 Å². The number of hydrogen-bond donors (Lipinski definition) is 3. The van der Waals surface area contributed by atoms with Crippen LogP contribution in [0.25, 0.3) is 0 Å². The molecule has 3 N–H and O–H groups in total. The zero-order valence-corrected chi connectivity index (χ0v) is 10.6. The van der Waals surface area contributed by atoms with E-state index >= 15 is 0 Å². The lowest BCUT2D eigenvalue weighted by molar-refractivity contribution is -0.143. The van der Waals surface area contributed by atoms with Gasteiger partial charge in [0.05, 0.1) is 10.8 Å². The number of carboxylic acid groups (broad SMARTS) is 1. The van der Waals surface area contributed by atoms with Crippen LogP contribution < -0.4 is 4.72 Å². The van der Waals surface area contributed by atoms with Crippen molar-refractivity contribution in [3.8, 4) is 0 Å². The van der Waals surface area contributed by atoms with Crippen molar-refractivity contribution in [3.05, 3.63) is 18.5 Å². The number of H-pyrrole nitrogens is 1. The number of carboxylic acids is 1. The van der Waals surface area contributed by atoms with Gasteiger partial charge in [-0.05, 0) is 18.9 Å². The normalized spacial score (nSPS) is 24.9. The third-order valence-corrected chi connectivity index (χ3v) is 4.76. The molecular weight excluding hydrogens is 256 g/mol. The van der Waals surface area contributed by atoms with Crippen LogP contribution >= 0.6 is 0 Å². The first-order valence-corrected chi connectivity index (χ1v) is 7.37. The van der Waals surface area contributed by atoms with Crippen molar-refractivity contribution in [1.29, 1.82) is 0 Å². The minimum atomic E-state index is -3.63. The van der Waals surface area contributed by atoms with Gasteiger partial charge >= 0.3 is 5.97 Å². The van der Waals surface area contributed by atoms with Crippen LogP contribution in [0.1, 0.15) is 25.7 Å². The number of aromatic nitrogens is 1. The van der Waals surface area contributed by atoms with Gasteiger partial charge in [-0.1, -0.05) is 12.8 Å². The Kier molecular flexibility index (Phi) is 3.72. The standard InChI is InChI=1S/C11H16N2O4S/c14-11(15)9-3-1-2-4-10(9)13-18(16,17)8-5-6-12-7-8/h5-7,9-10,12-13H,1-4H2,(H,14,15). The highest BCUT2D eigenvalue weighted by atomic mass is 32.2. The van der Waals surface area contributed by atoms with E-state index in [1.165, 1.54) is 18.5 Å². The van der Waals surface area contributed by atoms with Gasteiger partial charge in [0, 0.05) is 18.4 Å². The number of aromatic amines is 1. The van der Waals surface area contributed by atoms with Gasteiger partial charge in [-0.3, -0.25) is 4.79 Å². The molecule has 6 nitrogen and oxygen atoms in total. The van der Waals surface area contributed by atoms with Gasteiger partial charge in [-0.2, -0.15) is 0 Å². The largest absolute Gasteiger partial charge is 0.481 e. The third-order valence-electron chi connectivity index (χ3n) is 3.27. The Morgan fingerprint density at radius 3 is 2.72 bits per heavy atom. The highest BCUT2D eigenvalue weighted by Gasteiger charge is 2.33. The van der Waals surface area contributed by atoms with E-state index in [9.17, 15) is 13.2 Å².